The summed E-state index contributed by atoms with van der Waals surface area (Å²) in [5, 5.41) is 2.56. The summed E-state index contributed by atoms with van der Waals surface area (Å²) < 4.78 is 0. The second kappa shape index (κ2) is 6.33. The first-order valence-corrected chi connectivity index (χ1v) is 5.18. The van der Waals surface area contributed by atoms with Crippen molar-refractivity contribution in [3.05, 3.63) is 35.4 Å². The number of amides is 2. The van der Waals surface area contributed by atoms with E-state index in [9.17, 15) is 9.59 Å². The lowest BCUT2D eigenvalue weighted by Gasteiger charge is -1.99. The van der Waals surface area contributed by atoms with Gasteiger partial charge in [-0.3, -0.25) is 9.59 Å². The first-order chi connectivity index (χ1) is 8.11. The first-order valence-electron chi connectivity index (χ1n) is 5.18. The second-order valence-electron chi connectivity index (χ2n) is 3.49. The Kier molecular flexibility index (Phi) is 4.77. The first kappa shape index (κ1) is 12.8. The van der Waals surface area contributed by atoms with E-state index in [2.05, 4.69) is 17.2 Å². The SMILES string of the molecule is CNC(=O)Cc1ccc(C#CCC(N)=O)cc1. The minimum absolute atomic E-state index is 0.0300. The fraction of sp³-hybridized carbons (Fsp3) is 0.231. The maximum atomic E-state index is 11.1. The molecular formula is C13H14N2O2. The molecule has 0 fully saturated rings. The van der Waals surface area contributed by atoms with E-state index in [0.717, 1.165) is 11.1 Å². The van der Waals surface area contributed by atoms with Gasteiger partial charge < -0.3 is 11.1 Å². The molecule has 0 aromatic heterocycles. The van der Waals surface area contributed by atoms with Crippen LogP contribution in [0, 0.1) is 11.8 Å². The van der Waals surface area contributed by atoms with Crippen LogP contribution >= 0.6 is 0 Å². The maximum Gasteiger partial charge on any atom is 0.229 e. The predicted molar refractivity (Wildman–Crippen MR) is 64.9 cm³/mol. The van der Waals surface area contributed by atoms with Gasteiger partial charge in [-0.25, -0.2) is 0 Å². The molecule has 3 N–H and O–H groups in total. The number of likely N-dealkylation sites (N-methyl/N-ethyl adjacent to an activating group) is 1. The Hall–Kier alpha value is -2.28. The van der Waals surface area contributed by atoms with Crippen molar-refractivity contribution < 1.29 is 9.59 Å². The summed E-state index contributed by atoms with van der Waals surface area (Å²) in [6.07, 6.45) is 0.408. The van der Waals surface area contributed by atoms with Gasteiger partial charge >= 0.3 is 0 Å². The fourth-order valence-corrected chi connectivity index (χ4v) is 1.21. The van der Waals surface area contributed by atoms with Crippen molar-refractivity contribution >= 4 is 11.8 Å². The third-order valence-corrected chi connectivity index (χ3v) is 2.09. The monoisotopic (exact) mass is 230 g/mol. The lowest BCUT2D eigenvalue weighted by molar-refractivity contribution is -0.120. The number of hydrogen-bond acceptors (Lipinski definition) is 2. The van der Waals surface area contributed by atoms with Crippen LogP contribution in [-0.4, -0.2) is 18.9 Å². The van der Waals surface area contributed by atoms with E-state index in [1.807, 2.05) is 24.3 Å². The van der Waals surface area contributed by atoms with Gasteiger partial charge in [0.2, 0.25) is 11.8 Å². The van der Waals surface area contributed by atoms with Gasteiger partial charge in [0, 0.05) is 12.6 Å². The van der Waals surface area contributed by atoms with Gasteiger partial charge in [0.15, 0.2) is 0 Å². The van der Waals surface area contributed by atoms with Gasteiger partial charge in [0.05, 0.1) is 12.8 Å². The van der Waals surface area contributed by atoms with E-state index in [1.54, 1.807) is 7.05 Å². The Morgan fingerprint density at radius 1 is 1.29 bits per heavy atom. The van der Waals surface area contributed by atoms with Crippen molar-refractivity contribution in [2.24, 2.45) is 5.73 Å². The molecule has 1 rings (SSSR count). The van der Waals surface area contributed by atoms with Gasteiger partial charge in [-0.2, -0.15) is 0 Å². The molecule has 0 aliphatic rings. The number of primary amides is 1. The minimum Gasteiger partial charge on any atom is -0.369 e. The Bertz CT molecular complexity index is 466. The topological polar surface area (TPSA) is 72.2 Å². The molecule has 1 aromatic rings. The molecule has 0 saturated carbocycles. The summed E-state index contributed by atoms with van der Waals surface area (Å²) in [6, 6.07) is 7.30. The lowest BCUT2D eigenvalue weighted by atomic mass is 10.1. The predicted octanol–water partition coefficient (Wildman–Crippen LogP) is 0.202. The largest absolute Gasteiger partial charge is 0.369 e. The highest BCUT2D eigenvalue weighted by molar-refractivity contribution is 5.78. The Balaban J connectivity index is 2.63. The van der Waals surface area contributed by atoms with Crippen molar-refractivity contribution in [2.75, 3.05) is 7.05 Å². The molecule has 0 saturated heterocycles. The molecule has 0 spiro atoms. The molecule has 0 heterocycles. The van der Waals surface area contributed by atoms with Crippen LogP contribution < -0.4 is 11.1 Å². The maximum absolute atomic E-state index is 11.1. The smallest absolute Gasteiger partial charge is 0.229 e. The van der Waals surface area contributed by atoms with Crippen LogP contribution in [0.25, 0.3) is 0 Å². The summed E-state index contributed by atoms with van der Waals surface area (Å²) in [5.74, 6) is 5.02. The molecule has 0 bridgehead atoms. The van der Waals surface area contributed by atoms with Crippen LogP contribution in [-0.2, 0) is 16.0 Å². The van der Waals surface area contributed by atoms with Crippen molar-refractivity contribution in [1.82, 2.24) is 5.32 Å². The van der Waals surface area contributed by atoms with Crippen molar-refractivity contribution in [3.63, 3.8) is 0 Å². The molecule has 0 radical (unpaired) electrons. The van der Waals surface area contributed by atoms with Crippen LogP contribution in [0.5, 0.6) is 0 Å². The molecule has 0 unspecified atom stereocenters. The van der Waals surface area contributed by atoms with Gasteiger partial charge in [0.25, 0.3) is 0 Å². The van der Waals surface area contributed by atoms with Gasteiger partial charge in [-0.05, 0) is 17.7 Å². The van der Waals surface area contributed by atoms with Crippen LogP contribution in [0.4, 0.5) is 0 Å². The number of carbonyl (C=O) groups excluding carboxylic acids is 2. The number of benzene rings is 1. The lowest BCUT2D eigenvalue weighted by Crippen LogP contribution is -2.19. The number of carbonyl (C=O) groups is 2. The van der Waals surface area contributed by atoms with Gasteiger partial charge in [0.1, 0.15) is 0 Å². The van der Waals surface area contributed by atoms with Gasteiger partial charge in [-0.15, -0.1) is 0 Å². The van der Waals surface area contributed by atoms with Crippen LogP contribution in [0.15, 0.2) is 24.3 Å². The number of nitrogens with two attached hydrogens (primary N) is 1. The summed E-state index contributed by atoms with van der Waals surface area (Å²) in [7, 11) is 1.60. The van der Waals surface area contributed by atoms with E-state index < -0.39 is 5.91 Å². The highest BCUT2D eigenvalue weighted by Crippen LogP contribution is 2.04. The van der Waals surface area contributed by atoms with Crippen LogP contribution in [0.3, 0.4) is 0 Å². The summed E-state index contributed by atoms with van der Waals surface area (Å²) >= 11 is 0. The van der Waals surface area contributed by atoms with Crippen molar-refractivity contribution in [3.8, 4) is 11.8 Å². The molecule has 2 amide bonds. The summed E-state index contributed by atoms with van der Waals surface area (Å²) in [4.78, 5) is 21.6. The van der Waals surface area contributed by atoms with Crippen LogP contribution in [0.2, 0.25) is 0 Å². The number of rotatable bonds is 3. The molecule has 4 heteroatoms. The fourth-order valence-electron chi connectivity index (χ4n) is 1.21. The molecule has 1 aromatic carbocycles. The minimum atomic E-state index is -0.436. The van der Waals surface area contributed by atoms with E-state index in [4.69, 9.17) is 5.73 Å². The zero-order chi connectivity index (χ0) is 12.7. The molecular weight excluding hydrogens is 216 g/mol. The van der Waals surface area contributed by atoms with Crippen LogP contribution in [0.1, 0.15) is 17.5 Å². The molecule has 0 aliphatic heterocycles. The second-order valence-corrected chi connectivity index (χ2v) is 3.49. The average Bonchev–Trinajstić information content (AvgIpc) is 2.31. The summed E-state index contributed by atoms with van der Waals surface area (Å²) in [6.45, 7) is 0. The Labute approximate surface area is 100 Å². The average molecular weight is 230 g/mol. The molecule has 0 atom stereocenters. The van der Waals surface area contributed by atoms with E-state index >= 15 is 0 Å². The number of hydrogen-bond donors (Lipinski definition) is 2. The normalized spacial score (nSPS) is 9.00. The third kappa shape index (κ3) is 4.85. The highest BCUT2D eigenvalue weighted by atomic mass is 16.1. The quantitative estimate of drug-likeness (QED) is 0.728. The zero-order valence-corrected chi connectivity index (χ0v) is 9.62. The molecule has 17 heavy (non-hydrogen) atoms. The van der Waals surface area contributed by atoms with E-state index in [1.165, 1.54) is 0 Å². The molecule has 4 nitrogen and oxygen atoms in total. The van der Waals surface area contributed by atoms with Gasteiger partial charge in [-0.1, -0.05) is 24.0 Å². The van der Waals surface area contributed by atoms with Crippen molar-refractivity contribution in [1.29, 1.82) is 0 Å². The zero-order valence-electron chi connectivity index (χ0n) is 9.62. The van der Waals surface area contributed by atoms with Crippen molar-refractivity contribution in [2.45, 2.75) is 12.8 Å². The van der Waals surface area contributed by atoms with E-state index in [-0.39, 0.29) is 12.3 Å². The highest BCUT2D eigenvalue weighted by Gasteiger charge is 1.99. The Morgan fingerprint density at radius 3 is 2.47 bits per heavy atom. The summed E-state index contributed by atoms with van der Waals surface area (Å²) in [5.41, 5.74) is 6.68. The number of nitrogens with one attached hydrogen (secondary N) is 1. The van der Waals surface area contributed by atoms with E-state index in [0.29, 0.717) is 6.42 Å². The molecule has 0 aliphatic carbocycles. The molecule has 88 valence electrons. The Morgan fingerprint density at radius 2 is 1.94 bits per heavy atom. The standard InChI is InChI=1S/C13H14N2O2/c1-15-13(17)9-11-7-5-10(6-8-11)3-2-4-12(14)16/h5-8H,4,9H2,1H3,(H2,14,16)(H,15,17). The third-order valence-electron chi connectivity index (χ3n) is 2.09.